The second-order valence-corrected chi connectivity index (χ2v) is 10.6. The van der Waals surface area contributed by atoms with Gasteiger partial charge in [-0.1, -0.05) is 85.8 Å². The van der Waals surface area contributed by atoms with E-state index < -0.39 is 0 Å². The lowest BCUT2D eigenvalue weighted by atomic mass is 9.64. The molecular weight excluding hydrogens is 512 g/mol. The van der Waals surface area contributed by atoms with E-state index in [1.165, 1.54) is 44.1 Å². The van der Waals surface area contributed by atoms with Crippen LogP contribution in [0.2, 0.25) is 0 Å². The van der Waals surface area contributed by atoms with Crippen molar-refractivity contribution in [2.24, 2.45) is 17.8 Å². The zero-order valence-electron chi connectivity index (χ0n) is 24.7. The largest absolute Gasteiger partial charge is 0.392 e. The monoisotopic (exact) mass is 554 g/mol. The highest BCUT2D eigenvalue weighted by Crippen LogP contribution is 2.42. The SMILES string of the molecule is C#CC1CC(C=C)C1CCNCc1c2ccccc2cc2ccccc12.C=CCO.CCc1ccnc2ccccc12. The van der Waals surface area contributed by atoms with E-state index in [2.05, 4.69) is 121 Å². The number of nitrogens with one attached hydrogen (secondary N) is 1. The molecule has 42 heavy (non-hydrogen) atoms. The van der Waals surface area contributed by atoms with Crippen molar-refractivity contribution in [3.8, 4) is 12.3 Å². The van der Waals surface area contributed by atoms with E-state index in [0.29, 0.717) is 17.8 Å². The summed E-state index contributed by atoms with van der Waals surface area (Å²) in [6.07, 6.45) is 14.3. The third-order valence-electron chi connectivity index (χ3n) is 8.20. The van der Waals surface area contributed by atoms with E-state index in [9.17, 15) is 0 Å². The summed E-state index contributed by atoms with van der Waals surface area (Å²) in [6, 6.07) is 30.0. The minimum atomic E-state index is 0.0833. The molecule has 1 aliphatic rings. The molecule has 214 valence electrons. The van der Waals surface area contributed by atoms with Crippen LogP contribution in [-0.4, -0.2) is 23.2 Å². The van der Waals surface area contributed by atoms with Crippen LogP contribution >= 0.6 is 0 Å². The van der Waals surface area contributed by atoms with E-state index in [-0.39, 0.29) is 6.61 Å². The predicted molar refractivity (Wildman–Crippen MR) is 180 cm³/mol. The molecule has 3 unspecified atom stereocenters. The first kappa shape index (κ1) is 30.7. The number of hydrogen-bond acceptors (Lipinski definition) is 3. The molecular formula is C39H42N2O. The molecule has 0 saturated heterocycles. The fraction of sp³-hybridized carbons (Fsp3) is 0.256. The quantitative estimate of drug-likeness (QED) is 0.0875. The Balaban J connectivity index is 0.000000209. The lowest BCUT2D eigenvalue weighted by Crippen LogP contribution is -2.36. The van der Waals surface area contributed by atoms with E-state index >= 15 is 0 Å². The second-order valence-electron chi connectivity index (χ2n) is 10.6. The van der Waals surface area contributed by atoms with Gasteiger partial charge in [-0.05, 0) is 88.5 Å². The summed E-state index contributed by atoms with van der Waals surface area (Å²) in [5, 5.41) is 18.0. The van der Waals surface area contributed by atoms with Crippen LogP contribution in [0.3, 0.4) is 0 Å². The van der Waals surface area contributed by atoms with Crippen molar-refractivity contribution in [1.82, 2.24) is 10.3 Å². The van der Waals surface area contributed by atoms with Crippen LogP contribution in [0.5, 0.6) is 0 Å². The molecule has 2 N–H and O–H groups in total. The summed E-state index contributed by atoms with van der Waals surface area (Å²) < 4.78 is 0. The molecule has 0 bridgehead atoms. The Morgan fingerprint density at radius 3 is 2.17 bits per heavy atom. The van der Waals surface area contributed by atoms with E-state index in [1.807, 2.05) is 12.3 Å². The Morgan fingerprint density at radius 2 is 1.57 bits per heavy atom. The molecule has 5 aromatic rings. The van der Waals surface area contributed by atoms with Crippen LogP contribution in [0.1, 0.15) is 30.9 Å². The fourth-order valence-electron chi connectivity index (χ4n) is 5.87. The van der Waals surface area contributed by atoms with E-state index in [0.717, 1.165) is 37.9 Å². The zero-order chi connectivity index (χ0) is 29.7. The lowest BCUT2D eigenvalue weighted by Gasteiger charge is -2.40. The van der Waals surface area contributed by atoms with Gasteiger partial charge in [0.1, 0.15) is 0 Å². The number of fused-ring (bicyclic) bond motifs is 3. The Hall–Kier alpha value is -4.23. The molecule has 1 heterocycles. The van der Waals surface area contributed by atoms with Crippen LogP contribution in [0, 0.1) is 30.1 Å². The molecule has 1 fully saturated rings. The van der Waals surface area contributed by atoms with Gasteiger partial charge in [0.15, 0.2) is 0 Å². The molecule has 0 aliphatic heterocycles. The van der Waals surface area contributed by atoms with E-state index in [1.54, 1.807) is 0 Å². The first-order chi connectivity index (χ1) is 20.6. The van der Waals surface area contributed by atoms with Gasteiger partial charge in [-0.2, -0.15) is 0 Å². The molecule has 1 aliphatic carbocycles. The van der Waals surface area contributed by atoms with Gasteiger partial charge in [0.2, 0.25) is 0 Å². The van der Waals surface area contributed by atoms with Gasteiger partial charge < -0.3 is 10.4 Å². The summed E-state index contributed by atoms with van der Waals surface area (Å²) in [4.78, 5) is 4.29. The molecule has 4 aromatic carbocycles. The third kappa shape index (κ3) is 7.34. The molecule has 3 nitrogen and oxygen atoms in total. The minimum absolute atomic E-state index is 0.0833. The molecule has 1 aromatic heterocycles. The van der Waals surface area contributed by atoms with Gasteiger partial charge in [0.05, 0.1) is 12.1 Å². The average Bonchev–Trinajstić information content (AvgIpc) is 3.04. The first-order valence-electron chi connectivity index (χ1n) is 14.9. The Kier molecular flexibility index (Phi) is 11.5. The number of aromatic nitrogens is 1. The van der Waals surface area contributed by atoms with Crippen LogP contribution in [0.25, 0.3) is 32.4 Å². The fourth-order valence-corrected chi connectivity index (χ4v) is 5.87. The maximum absolute atomic E-state index is 7.76. The minimum Gasteiger partial charge on any atom is -0.392 e. The third-order valence-corrected chi connectivity index (χ3v) is 8.20. The summed E-state index contributed by atoms with van der Waals surface area (Å²) >= 11 is 0. The first-order valence-corrected chi connectivity index (χ1v) is 14.9. The average molecular weight is 555 g/mol. The van der Waals surface area contributed by atoms with Gasteiger partial charge in [0, 0.05) is 24.0 Å². The van der Waals surface area contributed by atoms with Crippen molar-refractivity contribution in [3.05, 3.63) is 128 Å². The van der Waals surface area contributed by atoms with Crippen molar-refractivity contribution in [1.29, 1.82) is 0 Å². The summed E-state index contributed by atoms with van der Waals surface area (Å²) in [5.41, 5.74) is 3.86. The van der Waals surface area contributed by atoms with Gasteiger partial charge in [-0.25, -0.2) is 0 Å². The van der Waals surface area contributed by atoms with Gasteiger partial charge >= 0.3 is 0 Å². The molecule has 3 heteroatoms. The number of nitrogens with zero attached hydrogens (tertiary/aromatic N) is 1. The molecule has 0 amide bonds. The number of allylic oxidation sites excluding steroid dienone is 1. The number of terminal acetylenes is 1. The van der Waals surface area contributed by atoms with Crippen molar-refractivity contribution in [3.63, 3.8) is 0 Å². The van der Waals surface area contributed by atoms with Gasteiger partial charge in [-0.3, -0.25) is 4.98 Å². The van der Waals surface area contributed by atoms with Crippen molar-refractivity contribution in [2.75, 3.05) is 13.2 Å². The number of aryl methyl sites for hydroxylation is 1. The van der Waals surface area contributed by atoms with Crippen molar-refractivity contribution >= 4 is 32.4 Å². The zero-order valence-corrected chi connectivity index (χ0v) is 24.7. The number of para-hydroxylation sites is 1. The number of rotatable bonds is 8. The lowest BCUT2D eigenvalue weighted by molar-refractivity contribution is 0.147. The Labute approximate surface area is 251 Å². The number of aliphatic hydroxyl groups excluding tert-OH is 1. The summed E-state index contributed by atoms with van der Waals surface area (Å²) in [7, 11) is 0. The van der Waals surface area contributed by atoms with Crippen molar-refractivity contribution < 1.29 is 5.11 Å². The highest BCUT2D eigenvalue weighted by Gasteiger charge is 2.37. The van der Waals surface area contributed by atoms with E-state index in [4.69, 9.17) is 11.5 Å². The standard InChI is InChI=1S/C25H25N.C11H11N.C3H6O/c1-3-18-15-19(4-2)22(18)13-14-26-17-25-23-11-7-5-9-20(23)16-21-10-6-8-12-24(21)25;1-2-9-7-8-12-11-6-4-3-5-10(9)11;1-2-3-4/h1,4-12,16,18-19,22,26H,2,13-15,17H2;3-8H,2H2,1H3;2,4H,1,3H2. The topological polar surface area (TPSA) is 45.1 Å². The number of pyridine rings is 1. The van der Waals surface area contributed by atoms with Gasteiger partial charge in [0.25, 0.3) is 0 Å². The second kappa shape index (κ2) is 15.7. The predicted octanol–water partition coefficient (Wildman–Crippen LogP) is 8.51. The Bertz CT molecular complexity index is 1610. The maximum atomic E-state index is 7.76. The van der Waals surface area contributed by atoms with Crippen LogP contribution in [0.15, 0.2) is 116 Å². The number of benzene rings is 4. The van der Waals surface area contributed by atoms with Crippen LogP contribution in [0.4, 0.5) is 0 Å². The van der Waals surface area contributed by atoms with Crippen LogP contribution in [-0.2, 0) is 13.0 Å². The smallest absolute Gasteiger partial charge is 0.0704 e. The molecule has 0 radical (unpaired) electrons. The number of hydrogen-bond donors (Lipinski definition) is 2. The van der Waals surface area contributed by atoms with Crippen molar-refractivity contribution in [2.45, 2.75) is 32.7 Å². The highest BCUT2D eigenvalue weighted by atomic mass is 16.2. The molecule has 6 rings (SSSR count). The summed E-state index contributed by atoms with van der Waals surface area (Å²) in [5.74, 6) is 4.56. The van der Waals surface area contributed by atoms with Gasteiger partial charge in [-0.15, -0.1) is 25.5 Å². The maximum Gasteiger partial charge on any atom is 0.0704 e. The molecule has 0 spiro atoms. The summed E-state index contributed by atoms with van der Waals surface area (Å²) in [6.45, 7) is 11.3. The Morgan fingerprint density at radius 1 is 0.952 bits per heavy atom. The molecule has 1 saturated carbocycles. The number of aliphatic hydroxyl groups is 1. The molecule has 3 atom stereocenters. The highest BCUT2D eigenvalue weighted by molar-refractivity contribution is 6.02. The van der Waals surface area contributed by atoms with Crippen LogP contribution < -0.4 is 5.32 Å². The normalized spacial score (nSPS) is 17.2.